The lowest BCUT2D eigenvalue weighted by Crippen LogP contribution is -2.15. The van der Waals surface area contributed by atoms with E-state index < -0.39 is 28.9 Å². The van der Waals surface area contributed by atoms with Crippen LogP contribution in [0, 0.1) is 18.6 Å². The van der Waals surface area contributed by atoms with Gasteiger partial charge in [-0.25, -0.2) is 13.6 Å². The molecule has 0 saturated carbocycles. The van der Waals surface area contributed by atoms with Gasteiger partial charge in [-0.15, -0.1) is 0 Å². The van der Waals surface area contributed by atoms with Gasteiger partial charge in [0.1, 0.15) is 17.2 Å². The molecule has 7 heteroatoms. The Morgan fingerprint density at radius 3 is 2.31 bits per heavy atom. The minimum atomic E-state index is -0.923. The van der Waals surface area contributed by atoms with Crippen LogP contribution in [-0.2, 0) is 7.05 Å². The van der Waals surface area contributed by atoms with E-state index in [1.54, 1.807) is 31.3 Å². The molecule has 1 amide bonds. The van der Waals surface area contributed by atoms with Crippen molar-refractivity contribution in [2.75, 3.05) is 5.32 Å². The number of hydrogen-bond donors (Lipinski definition) is 1. The van der Waals surface area contributed by atoms with E-state index in [0.29, 0.717) is 16.8 Å². The summed E-state index contributed by atoms with van der Waals surface area (Å²) in [7, 11) is 1.64. The maximum atomic E-state index is 13.8. The summed E-state index contributed by atoms with van der Waals surface area (Å²) in [5, 5.41) is 2.49. The van der Waals surface area contributed by atoms with Crippen molar-refractivity contribution in [3.8, 4) is 11.1 Å². The van der Waals surface area contributed by atoms with E-state index >= 15 is 0 Å². The molecule has 5 nitrogen and oxygen atoms in total. The number of carbonyl (C=O) groups excluding carboxylic acids is 1. The number of fused-ring (bicyclic) bond motifs is 1. The third-order valence-corrected chi connectivity index (χ3v) is 4.75. The Bertz CT molecular complexity index is 1280. The molecule has 0 saturated heterocycles. The molecule has 0 bridgehead atoms. The number of carbonyl (C=O) groups is 1. The summed E-state index contributed by atoms with van der Waals surface area (Å²) in [4.78, 5) is 24.0. The molecule has 1 heterocycles. The first-order chi connectivity index (χ1) is 13.8. The predicted octanol–water partition coefficient (Wildman–Crippen LogP) is 4.64. The van der Waals surface area contributed by atoms with Crippen molar-refractivity contribution < 1.29 is 18.0 Å². The van der Waals surface area contributed by atoms with Crippen LogP contribution in [0.3, 0.4) is 0 Å². The van der Waals surface area contributed by atoms with Crippen molar-refractivity contribution in [2.24, 2.45) is 7.05 Å². The summed E-state index contributed by atoms with van der Waals surface area (Å²) >= 11 is 0. The van der Waals surface area contributed by atoms with Gasteiger partial charge in [0, 0.05) is 12.7 Å². The highest BCUT2D eigenvalue weighted by atomic mass is 19.1. The highest BCUT2D eigenvalue weighted by Gasteiger charge is 2.17. The second-order valence-corrected chi connectivity index (χ2v) is 6.70. The van der Waals surface area contributed by atoms with Crippen molar-refractivity contribution in [2.45, 2.75) is 6.92 Å². The summed E-state index contributed by atoms with van der Waals surface area (Å²) < 4.78 is 34.2. The molecule has 4 aromatic rings. The number of amides is 1. The predicted molar refractivity (Wildman–Crippen MR) is 106 cm³/mol. The molecule has 3 aromatic carbocycles. The lowest BCUT2D eigenvalue weighted by molar-refractivity contribution is 0.101. The van der Waals surface area contributed by atoms with Gasteiger partial charge in [-0.1, -0.05) is 18.2 Å². The number of anilines is 1. The summed E-state index contributed by atoms with van der Waals surface area (Å²) in [6.07, 6.45) is 0. The van der Waals surface area contributed by atoms with Crippen molar-refractivity contribution in [3.05, 3.63) is 87.9 Å². The van der Waals surface area contributed by atoms with Crippen LogP contribution >= 0.6 is 0 Å². The largest absolute Gasteiger partial charge is 0.419 e. The van der Waals surface area contributed by atoms with Gasteiger partial charge in [0.25, 0.3) is 5.91 Å². The van der Waals surface area contributed by atoms with Crippen LogP contribution in [0.5, 0.6) is 0 Å². The topological polar surface area (TPSA) is 64.2 Å². The Morgan fingerprint density at radius 2 is 1.66 bits per heavy atom. The second-order valence-electron chi connectivity index (χ2n) is 6.70. The first kappa shape index (κ1) is 18.6. The Hall–Kier alpha value is -3.74. The number of halogens is 2. The van der Waals surface area contributed by atoms with Crippen LogP contribution in [0.4, 0.5) is 14.5 Å². The Morgan fingerprint density at radius 1 is 1.00 bits per heavy atom. The number of aromatic nitrogens is 1. The van der Waals surface area contributed by atoms with Gasteiger partial charge < -0.3 is 9.73 Å². The Balaban J connectivity index is 1.63. The van der Waals surface area contributed by atoms with Gasteiger partial charge in [-0.3, -0.25) is 9.36 Å². The fraction of sp³-hybridized carbons (Fsp3) is 0.0909. The minimum absolute atomic E-state index is 0.398. The summed E-state index contributed by atoms with van der Waals surface area (Å²) in [5.41, 5.74) is 3.52. The third-order valence-electron chi connectivity index (χ3n) is 4.75. The van der Waals surface area contributed by atoms with Gasteiger partial charge in [-0.05, 0) is 60.0 Å². The Kier molecular flexibility index (Phi) is 4.50. The molecular formula is C22H16F2N2O3. The summed E-state index contributed by atoms with van der Waals surface area (Å²) in [6.45, 7) is 1.85. The first-order valence-electron chi connectivity index (χ1n) is 8.81. The summed E-state index contributed by atoms with van der Waals surface area (Å²) in [5.74, 6) is -3.14. The van der Waals surface area contributed by atoms with E-state index in [2.05, 4.69) is 5.32 Å². The van der Waals surface area contributed by atoms with Crippen molar-refractivity contribution >= 4 is 22.7 Å². The van der Waals surface area contributed by atoms with E-state index in [9.17, 15) is 18.4 Å². The second kappa shape index (κ2) is 7.01. The molecule has 0 radical (unpaired) electrons. The highest BCUT2D eigenvalue weighted by Crippen LogP contribution is 2.28. The van der Waals surface area contributed by atoms with E-state index in [4.69, 9.17) is 4.42 Å². The number of hydrogen-bond acceptors (Lipinski definition) is 3. The molecule has 0 spiro atoms. The maximum Gasteiger partial charge on any atom is 0.419 e. The van der Waals surface area contributed by atoms with Crippen molar-refractivity contribution in [1.29, 1.82) is 0 Å². The van der Waals surface area contributed by atoms with E-state index in [0.717, 1.165) is 28.8 Å². The molecule has 4 rings (SSSR count). The molecule has 0 fully saturated rings. The van der Waals surface area contributed by atoms with Gasteiger partial charge in [-0.2, -0.15) is 0 Å². The lowest BCUT2D eigenvalue weighted by atomic mass is 10.0. The average molecular weight is 394 g/mol. The van der Waals surface area contributed by atoms with E-state index in [1.165, 1.54) is 10.6 Å². The first-order valence-corrected chi connectivity index (χ1v) is 8.81. The molecule has 0 unspecified atom stereocenters. The van der Waals surface area contributed by atoms with Crippen LogP contribution in [0.2, 0.25) is 0 Å². The number of oxazole rings is 1. The zero-order chi connectivity index (χ0) is 20.7. The third kappa shape index (κ3) is 3.31. The van der Waals surface area contributed by atoms with Gasteiger partial charge in [0.2, 0.25) is 0 Å². The van der Waals surface area contributed by atoms with Crippen LogP contribution in [0.15, 0.2) is 63.8 Å². The van der Waals surface area contributed by atoms with Crippen molar-refractivity contribution in [1.82, 2.24) is 4.57 Å². The molecule has 0 aliphatic heterocycles. The van der Waals surface area contributed by atoms with Gasteiger partial charge in [0.05, 0.1) is 5.52 Å². The molecular weight excluding hydrogens is 378 g/mol. The fourth-order valence-electron chi connectivity index (χ4n) is 3.21. The normalized spacial score (nSPS) is 11.0. The number of benzene rings is 3. The van der Waals surface area contributed by atoms with Crippen LogP contribution < -0.4 is 11.1 Å². The molecule has 1 aromatic heterocycles. The van der Waals surface area contributed by atoms with Crippen LogP contribution in [0.1, 0.15) is 15.9 Å². The number of nitrogens with one attached hydrogen (secondary N) is 1. The average Bonchev–Trinajstić information content (AvgIpc) is 2.97. The lowest BCUT2D eigenvalue weighted by Gasteiger charge is -2.09. The fourth-order valence-corrected chi connectivity index (χ4v) is 3.21. The van der Waals surface area contributed by atoms with E-state index in [1.807, 2.05) is 19.1 Å². The summed E-state index contributed by atoms with van der Waals surface area (Å²) in [6, 6.07) is 13.8. The number of nitrogens with zero attached hydrogens (tertiary/aromatic N) is 1. The zero-order valence-electron chi connectivity index (χ0n) is 15.6. The monoisotopic (exact) mass is 394 g/mol. The smallest absolute Gasteiger partial charge is 0.407 e. The molecule has 0 atom stereocenters. The van der Waals surface area contributed by atoms with Gasteiger partial charge in [0.15, 0.2) is 5.58 Å². The molecule has 1 N–H and O–H groups in total. The zero-order valence-corrected chi connectivity index (χ0v) is 15.6. The molecule has 146 valence electrons. The maximum absolute atomic E-state index is 13.8. The molecule has 0 aliphatic carbocycles. The van der Waals surface area contributed by atoms with Crippen molar-refractivity contribution in [3.63, 3.8) is 0 Å². The quantitative estimate of drug-likeness (QED) is 0.551. The number of aryl methyl sites for hydroxylation is 2. The minimum Gasteiger partial charge on any atom is -0.407 e. The SMILES string of the molecule is Cc1cc(-c2ccc(NC(=O)c3c(F)cccc3F)cc2)cc2c1oc(=O)n2C. The van der Waals surface area contributed by atoms with Crippen LogP contribution in [0.25, 0.3) is 22.2 Å². The number of rotatable bonds is 3. The standard InChI is InChI=1S/C22H16F2N2O3/c1-12-10-14(11-18-20(12)29-22(28)26(18)2)13-6-8-15(9-7-13)25-21(27)19-16(23)4-3-5-17(19)24/h3-11H,1-2H3,(H,25,27). The van der Waals surface area contributed by atoms with E-state index in [-0.39, 0.29) is 0 Å². The Labute approximate surface area is 164 Å². The van der Waals surface area contributed by atoms with Crippen LogP contribution in [-0.4, -0.2) is 10.5 Å². The molecule has 0 aliphatic rings. The highest BCUT2D eigenvalue weighted by molar-refractivity contribution is 6.04. The molecule has 29 heavy (non-hydrogen) atoms. The van der Waals surface area contributed by atoms with Gasteiger partial charge >= 0.3 is 5.76 Å².